The van der Waals surface area contributed by atoms with Gasteiger partial charge in [-0.2, -0.15) is 4.98 Å². The van der Waals surface area contributed by atoms with E-state index in [0.717, 1.165) is 11.3 Å². The fourth-order valence-corrected chi connectivity index (χ4v) is 2.53. The van der Waals surface area contributed by atoms with E-state index in [1.807, 2.05) is 12.1 Å². The molecule has 3 aromatic rings. The third kappa shape index (κ3) is 4.12. The Bertz CT molecular complexity index is 909. The van der Waals surface area contributed by atoms with E-state index < -0.39 is 0 Å². The predicted octanol–water partition coefficient (Wildman–Crippen LogP) is 3.59. The topological polar surface area (TPSA) is 86.5 Å². The second-order valence-electron chi connectivity index (χ2n) is 5.31. The van der Waals surface area contributed by atoms with Crippen molar-refractivity contribution < 1.29 is 18.8 Å². The molecule has 3 rings (SSSR count). The van der Waals surface area contributed by atoms with Gasteiger partial charge in [-0.3, -0.25) is 4.79 Å². The zero-order valence-electron chi connectivity index (χ0n) is 14.2. The second-order valence-corrected chi connectivity index (χ2v) is 5.72. The van der Waals surface area contributed by atoms with Crippen molar-refractivity contribution in [1.82, 2.24) is 10.1 Å². The number of carbonyl (C=O) groups excluding carboxylic acids is 1. The van der Waals surface area contributed by atoms with Crippen LogP contribution >= 0.6 is 11.6 Å². The minimum absolute atomic E-state index is 0.0488. The largest absolute Gasteiger partial charge is 0.497 e. The lowest BCUT2D eigenvalue weighted by atomic mass is 10.2. The monoisotopic (exact) mass is 373 g/mol. The van der Waals surface area contributed by atoms with E-state index >= 15 is 0 Å². The fraction of sp³-hybridized carbons (Fsp3) is 0.167. The number of nitrogens with zero attached hydrogens (tertiary/aromatic N) is 2. The van der Waals surface area contributed by atoms with Gasteiger partial charge in [0.05, 0.1) is 19.2 Å². The Hall–Kier alpha value is -3.06. The Morgan fingerprint density at radius 2 is 1.92 bits per heavy atom. The smallest absolute Gasteiger partial charge is 0.236 e. The predicted molar refractivity (Wildman–Crippen MR) is 96.6 cm³/mol. The van der Waals surface area contributed by atoms with Gasteiger partial charge in [-0.25, -0.2) is 0 Å². The molecule has 0 saturated heterocycles. The number of hydrogen-bond acceptors (Lipinski definition) is 6. The zero-order valence-corrected chi connectivity index (χ0v) is 14.9. The number of anilines is 1. The number of halogens is 1. The summed E-state index contributed by atoms with van der Waals surface area (Å²) in [7, 11) is 3.12. The highest BCUT2D eigenvalue weighted by Crippen LogP contribution is 2.27. The average Bonchev–Trinajstić information content (AvgIpc) is 3.10. The second kappa shape index (κ2) is 7.88. The first-order valence-electron chi connectivity index (χ1n) is 7.69. The normalized spacial score (nSPS) is 10.4. The van der Waals surface area contributed by atoms with Crippen LogP contribution < -0.4 is 14.8 Å². The Labute approximate surface area is 154 Å². The van der Waals surface area contributed by atoms with Crippen molar-refractivity contribution in [3.05, 3.63) is 53.4 Å². The molecule has 1 aromatic heterocycles. The maximum atomic E-state index is 12.1. The summed E-state index contributed by atoms with van der Waals surface area (Å²) >= 11 is 6.04. The average molecular weight is 374 g/mol. The van der Waals surface area contributed by atoms with Crippen LogP contribution in [-0.4, -0.2) is 30.3 Å². The van der Waals surface area contributed by atoms with Crippen molar-refractivity contribution in [2.45, 2.75) is 6.42 Å². The number of hydrogen-bond donors (Lipinski definition) is 1. The fourth-order valence-electron chi connectivity index (χ4n) is 2.27. The van der Waals surface area contributed by atoms with E-state index in [4.69, 9.17) is 25.6 Å². The molecule has 1 amide bonds. The van der Waals surface area contributed by atoms with Gasteiger partial charge in [0.2, 0.25) is 17.6 Å². The number of aromatic nitrogens is 2. The van der Waals surface area contributed by atoms with E-state index in [1.165, 1.54) is 7.11 Å². The third-order valence-electron chi connectivity index (χ3n) is 3.56. The summed E-state index contributed by atoms with van der Waals surface area (Å²) in [6.45, 7) is 0. The van der Waals surface area contributed by atoms with Crippen molar-refractivity contribution >= 4 is 23.2 Å². The van der Waals surface area contributed by atoms with Crippen molar-refractivity contribution in [3.63, 3.8) is 0 Å². The Kier molecular flexibility index (Phi) is 5.38. The lowest BCUT2D eigenvalue weighted by molar-refractivity contribution is -0.115. The molecular weight excluding hydrogens is 358 g/mol. The molecule has 0 atom stereocenters. The van der Waals surface area contributed by atoms with Crippen molar-refractivity contribution in [2.24, 2.45) is 0 Å². The van der Waals surface area contributed by atoms with E-state index in [-0.39, 0.29) is 18.2 Å². The van der Waals surface area contributed by atoms with Crippen LogP contribution in [-0.2, 0) is 11.2 Å². The zero-order chi connectivity index (χ0) is 18.5. The quantitative estimate of drug-likeness (QED) is 0.710. The molecule has 8 heteroatoms. The first-order valence-corrected chi connectivity index (χ1v) is 8.07. The Balaban J connectivity index is 1.64. The first kappa shape index (κ1) is 17.8. The number of carbonyl (C=O) groups is 1. The lowest BCUT2D eigenvalue weighted by Crippen LogP contribution is -2.14. The molecule has 0 fully saturated rings. The van der Waals surface area contributed by atoms with E-state index in [9.17, 15) is 4.79 Å². The van der Waals surface area contributed by atoms with Crippen molar-refractivity contribution in [1.29, 1.82) is 0 Å². The standard InChI is InChI=1S/C18H16ClN3O4/c1-24-13-6-3-11(4-7-13)18-21-17(26-22-18)10-16(23)20-12-5-8-15(25-2)14(19)9-12/h3-9H,10H2,1-2H3,(H,20,23). The van der Waals surface area contributed by atoms with Crippen LogP contribution in [0.2, 0.25) is 5.02 Å². The molecule has 0 saturated carbocycles. The molecular formula is C18H16ClN3O4. The molecule has 0 aliphatic heterocycles. The summed E-state index contributed by atoms with van der Waals surface area (Å²) in [4.78, 5) is 16.4. The molecule has 134 valence electrons. The molecule has 1 N–H and O–H groups in total. The highest BCUT2D eigenvalue weighted by atomic mass is 35.5. The third-order valence-corrected chi connectivity index (χ3v) is 3.86. The van der Waals surface area contributed by atoms with Gasteiger partial charge < -0.3 is 19.3 Å². The van der Waals surface area contributed by atoms with Gasteiger partial charge in [0, 0.05) is 11.3 Å². The Morgan fingerprint density at radius 1 is 1.15 bits per heavy atom. The molecule has 26 heavy (non-hydrogen) atoms. The van der Waals surface area contributed by atoms with E-state index in [1.54, 1.807) is 37.4 Å². The van der Waals surface area contributed by atoms with Crippen molar-refractivity contribution in [3.8, 4) is 22.9 Å². The summed E-state index contributed by atoms with van der Waals surface area (Å²) in [6.07, 6.45) is -0.0488. The Morgan fingerprint density at radius 3 is 2.58 bits per heavy atom. The van der Waals surface area contributed by atoms with Gasteiger partial charge in [-0.15, -0.1) is 0 Å². The minimum Gasteiger partial charge on any atom is -0.497 e. The highest BCUT2D eigenvalue weighted by Gasteiger charge is 2.13. The summed E-state index contributed by atoms with van der Waals surface area (Å²) in [5, 5.41) is 7.02. The number of ether oxygens (including phenoxy) is 2. The summed E-state index contributed by atoms with van der Waals surface area (Å²) in [6, 6.07) is 12.2. The summed E-state index contributed by atoms with van der Waals surface area (Å²) < 4.78 is 15.3. The van der Waals surface area contributed by atoms with Crippen LogP contribution in [0.1, 0.15) is 5.89 Å². The number of nitrogens with one attached hydrogen (secondary N) is 1. The minimum atomic E-state index is -0.295. The van der Waals surface area contributed by atoms with Gasteiger partial charge in [-0.1, -0.05) is 16.8 Å². The van der Waals surface area contributed by atoms with Crippen LogP contribution in [0.5, 0.6) is 11.5 Å². The molecule has 0 aliphatic rings. The molecule has 0 unspecified atom stereocenters. The lowest BCUT2D eigenvalue weighted by Gasteiger charge is -2.07. The van der Waals surface area contributed by atoms with E-state index in [0.29, 0.717) is 22.3 Å². The van der Waals surface area contributed by atoms with Crippen LogP contribution in [0.3, 0.4) is 0 Å². The van der Waals surface area contributed by atoms with Crippen molar-refractivity contribution in [2.75, 3.05) is 19.5 Å². The highest BCUT2D eigenvalue weighted by molar-refractivity contribution is 6.32. The SMILES string of the molecule is COc1ccc(-c2noc(CC(=O)Nc3ccc(OC)c(Cl)c3)n2)cc1. The summed E-state index contributed by atoms with van der Waals surface area (Å²) in [5.74, 6) is 1.59. The van der Waals surface area contributed by atoms with Gasteiger partial charge in [0.15, 0.2) is 0 Å². The molecule has 0 aliphatic carbocycles. The maximum Gasteiger partial charge on any atom is 0.236 e. The number of benzene rings is 2. The number of methoxy groups -OCH3 is 2. The van der Waals surface area contributed by atoms with Crippen LogP contribution in [0, 0.1) is 0 Å². The first-order chi connectivity index (χ1) is 12.6. The molecule has 0 bridgehead atoms. The molecule has 0 radical (unpaired) electrons. The van der Waals surface area contributed by atoms with Gasteiger partial charge in [-0.05, 0) is 42.5 Å². The van der Waals surface area contributed by atoms with Gasteiger partial charge >= 0.3 is 0 Å². The molecule has 7 nitrogen and oxygen atoms in total. The van der Waals surface area contributed by atoms with Crippen LogP contribution in [0.25, 0.3) is 11.4 Å². The molecule has 1 heterocycles. The van der Waals surface area contributed by atoms with Crippen LogP contribution in [0.4, 0.5) is 5.69 Å². The van der Waals surface area contributed by atoms with E-state index in [2.05, 4.69) is 15.5 Å². The van der Waals surface area contributed by atoms with Gasteiger partial charge in [0.1, 0.15) is 17.9 Å². The molecule has 2 aromatic carbocycles. The van der Waals surface area contributed by atoms with Gasteiger partial charge in [0.25, 0.3) is 0 Å². The number of rotatable bonds is 6. The number of amides is 1. The summed E-state index contributed by atoms with van der Waals surface area (Å²) in [5.41, 5.74) is 1.32. The molecule has 0 spiro atoms. The van der Waals surface area contributed by atoms with Crippen LogP contribution in [0.15, 0.2) is 47.0 Å². The maximum absolute atomic E-state index is 12.1.